The molecule has 7 heteroatoms. The highest BCUT2D eigenvalue weighted by Gasteiger charge is 2.16. The fourth-order valence-corrected chi connectivity index (χ4v) is 2.94. The third-order valence-corrected chi connectivity index (χ3v) is 4.60. The Bertz CT molecular complexity index is 776. The van der Waals surface area contributed by atoms with Crippen LogP contribution in [0.15, 0.2) is 29.1 Å². The first kappa shape index (κ1) is 16.1. The molecule has 0 radical (unpaired) electrons. The molecular formula is C16H17Cl2N3O2. The maximum atomic E-state index is 12.1. The van der Waals surface area contributed by atoms with Crippen molar-refractivity contribution in [3.8, 4) is 5.88 Å². The average Bonchev–Trinajstić information content (AvgIpc) is 2.52. The normalized spacial score (nSPS) is 13.8. The van der Waals surface area contributed by atoms with E-state index in [1.807, 2.05) is 30.1 Å². The summed E-state index contributed by atoms with van der Waals surface area (Å²) in [5, 5.41) is 1.06. The van der Waals surface area contributed by atoms with Crippen LogP contribution in [0.5, 0.6) is 5.88 Å². The minimum atomic E-state index is -0.265. The zero-order valence-electron chi connectivity index (χ0n) is 12.8. The molecule has 3 rings (SSSR count). The molecule has 122 valence electrons. The van der Waals surface area contributed by atoms with Crippen molar-refractivity contribution >= 4 is 29.0 Å². The zero-order valence-corrected chi connectivity index (χ0v) is 14.3. The highest BCUT2D eigenvalue weighted by atomic mass is 35.5. The lowest BCUT2D eigenvalue weighted by Gasteiger charge is -2.28. The summed E-state index contributed by atoms with van der Waals surface area (Å²) < 4.78 is 7.32. The molecule has 0 saturated heterocycles. The summed E-state index contributed by atoms with van der Waals surface area (Å²) in [5.74, 6) is 1.20. The van der Waals surface area contributed by atoms with Crippen molar-refractivity contribution in [2.75, 3.05) is 25.1 Å². The lowest BCUT2D eigenvalue weighted by molar-refractivity contribution is 0.306. The number of hydrogen-bond donors (Lipinski definition) is 0. The van der Waals surface area contributed by atoms with Gasteiger partial charge in [-0.05, 0) is 24.1 Å². The van der Waals surface area contributed by atoms with E-state index in [9.17, 15) is 4.79 Å². The maximum absolute atomic E-state index is 12.1. The number of rotatable bonds is 4. The van der Waals surface area contributed by atoms with Crippen LogP contribution in [0.3, 0.4) is 0 Å². The van der Waals surface area contributed by atoms with Crippen LogP contribution in [0, 0.1) is 0 Å². The number of benzene rings is 1. The van der Waals surface area contributed by atoms with Gasteiger partial charge in [0.1, 0.15) is 5.82 Å². The molecule has 0 spiro atoms. The quantitative estimate of drug-likeness (QED) is 0.847. The van der Waals surface area contributed by atoms with Crippen molar-refractivity contribution in [1.82, 2.24) is 9.55 Å². The van der Waals surface area contributed by atoms with Crippen LogP contribution in [0.2, 0.25) is 10.0 Å². The van der Waals surface area contributed by atoms with Gasteiger partial charge in [-0.1, -0.05) is 29.3 Å². The van der Waals surface area contributed by atoms with E-state index in [0.29, 0.717) is 35.5 Å². The van der Waals surface area contributed by atoms with E-state index < -0.39 is 0 Å². The third kappa shape index (κ3) is 3.62. The minimum absolute atomic E-state index is 0.265. The first-order valence-corrected chi connectivity index (χ1v) is 8.20. The van der Waals surface area contributed by atoms with Crippen LogP contribution >= 0.6 is 23.2 Å². The summed E-state index contributed by atoms with van der Waals surface area (Å²) in [6.07, 6.45) is 1.61. The van der Waals surface area contributed by atoms with Gasteiger partial charge in [0.25, 0.3) is 0 Å². The van der Waals surface area contributed by atoms with Crippen molar-refractivity contribution < 1.29 is 4.74 Å². The van der Waals surface area contributed by atoms with Crippen LogP contribution < -0.4 is 15.3 Å². The Balaban J connectivity index is 1.69. The second-order valence-corrected chi connectivity index (χ2v) is 6.32. The topological polar surface area (TPSA) is 47.4 Å². The summed E-state index contributed by atoms with van der Waals surface area (Å²) in [5.41, 5.74) is 0.754. The Morgan fingerprint density at radius 1 is 1.22 bits per heavy atom. The summed E-state index contributed by atoms with van der Waals surface area (Å²) >= 11 is 11.9. The van der Waals surface area contributed by atoms with E-state index >= 15 is 0 Å². The van der Waals surface area contributed by atoms with Crippen LogP contribution in [-0.2, 0) is 13.0 Å². The highest BCUT2D eigenvalue weighted by Crippen LogP contribution is 2.23. The van der Waals surface area contributed by atoms with Gasteiger partial charge in [-0.25, -0.2) is 4.79 Å². The number of fused-ring (bicyclic) bond motifs is 1. The largest absolute Gasteiger partial charge is 0.477 e. The van der Waals surface area contributed by atoms with Crippen molar-refractivity contribution in [3.63, 3.8) is 0 Å². The number of anilines is 1. The molecule has 0 aliphatic carbocycles. The fourth-order valence-electron chi connectivity index (χ4n) is 2.62. The van der Waals surface area contributed by atoms with Crippen LogP contribution in [-0.4, -0.2) is 29.8 Å². The third-order valence-electron chi connectivity index (χ3n) is 3.86. The smallest absolute Gasteiger partial charge is 0.352 e. The van der Waals surface area contributed by atoms with Crippen LogP contribution in [0.25, 0.3) is 0 Å². The van der Waals surface area contributed by atoms with Gasteiger partial charge in [-0.15, -0.1) is 0 Å². The Hall–Kier alpha value is -1.72. The van der Waals surface area contributed by atoms with Gasteiger partial charge in [-0.2, -0.15) is 4.98 Å². The second kappa shape index (κ2) is 6.81. The molecule has 2 aromatic rings. The SMILES string of the molecule is CN1CCCn2c1cc(OCCc1ccc(Cl)c(Cl)c1)nc2=O. The van der Waals surface area contributed by atoms with Gasteiger partial charge in [0, 0.05) is 32.6 Å². The molecule has 0 N–H and O–H groups in total. The van der Waals surface area contributed by atoms with E-state index in [0.717, 1.165) is 24.3 Å². The summed E-state index contributed by atoms with van der Waals surface area (Å²) in [4.78, 5) is 18.1. The molecule has 1 aromatic heterocycles. The predicted octanol–water partition coefficient (Wildman–Crippen LogP) is 3.01. The lowest BCUT2D eigenvalue weighted by Crippen LogP contribution is -2.36. The molecular weight excluding hydrogens is 337 g/mol. The number of nitrogens with zero attached hydrogens (tertiary/aromatic N) is 3. The van der Waals surface area contributed by atoms with Crippen LogP contribution in [0.1, 0.15) is 12.0 Å². The van der Waals surface area contributed by atoms with E-state index in [1.165, 1.54) is 0 Å². The maximum Gasteiger partial charge on any atom is 0.352 e. The van der Waals surface area contributed by atoms with Crippen molar-refractivity contribution in [3.05, 3.63) is 50.4 Å². The summed E-state index contributed by atoms with van der Waals surface area (Å²) in [7, 11) is 1.96. The standard InChI is InChI=1S/C16H17Cl2N3O2/c1-20-6-2-7-21-15(20)10-14(19-16(21)22)23-8-5-11-3-4-12(17)13(18)9-11/h3-4,9-10H,2,5-8H2,1H3. The molecule has 0 unspecified atom stereocenters. The highest BCUT2D eigenvalue weighted by molar-refractivity contribution is 6.42. The van der Waals surface area contributed by atoms with E-state index in [4.69, 9.17) is 27.9 Å². The van der Waals surface area contributed by atoms with E-state index in [2.05, 4.69) is 4.98 Å². The molecule has 0 fully saturated rings. The monoisotopic (exact) mass is 353 g/mol. The Morgan fingerprint density at radius 2 is 2.04 bits per heavy atom. The Kier molecular flexibility index (Phi) is 4.78. The van der Waals surface area contributed by atoms with Gasteiger partial charge >= 0.3 is 5.69 Å². The van der Waals surface area contributed by atoms with E-state index in [1.54, 1.807) is 10.6 Å². The van der Waals surface area contributed by atoms with Gasteiger partial charge in [0.05, 0.1) is 16.7 Å². The van der Waals surface area contributed by atoms with Crippen molar-refractivity contribution in [1.29, 1.82) is 0 Å². The molecule has 23 heavy (non-hydrogen) atoms. The lowest BCUT2D eigenvalue weighted by atomic mass is 10.2. The first-order valence-electron chi connectivity index (χ1n) is 7.44. The zero-order chi connectivity index (χ0) is 16.4. The summed E-state index contributed by atoms with van der Waals surface area (Å²) in [6.45, 7) is 2.04. The van der Waals surface area contributed by atoms with Gasteiger partial charge in [-0.3, -0.25) is 4.57 Å². The first-order chi connectivity index (χ1) is 11.0. The Morgan fingerprint density at radius 3 is 2.83 bits per heavy atom. The van der Waals surface area contributed by atoms with Gasteiger partial charge in [0.2, 0.25) is 5.88 Å². The van der Waals surface area contributed by atoms with Crippen molar-refractivity contribution in [2.24, 2.45) is 0 Å². The summed E-state index contributed by atoms with van der Waals surface area (Å²) in [6, 6.07) is 7.30. The molecule has 0 atom stereocenters. The molecule has 0 saturated carbocycles. The molecule has 5 nitrogen and oxygen atoms in total. The molecule has 0 amide bonds. The average molecular weight is 354 g/mol. The van der Waals surface area contributed by atoms with Crippen LogP contribution in [0.4, 0.5) is 5.82 Å². The predicted molar refractivity (Wildman–Crippen MR) is 92.0 cm³/mol. The van der Waals surface area contributed by atoms with E-state index in [-0.39, 0.29) is 5.69 Å². The molecule has 1 aromatic carbocycles. The molecule has 0 bridgehead atoms. The van der Waals surface area contributed by atoms with Gasteiger partial charge < -0.3 is 9.64 Å². The molecule has 2 heterocycles. The number of halogens is 2. The molecule has 1 aliphatic rings. The molecule has 1 aliphatic heterocycles. The minimum Gasteiger partial charge on any atom is -0.477 e. The number of hydrogen-bond acceptors (Lipinski definition) is 4. The second-order valence-electron chi connectivity index (χ2n) is 5.51. The number of aromatic nitrogens is 2. The Labute approximate surface area is 144 Å². The fraction of sp³-hybridized carbons (Fsp3) is 0.375. The van der Waals surface area contributed by atoms with Gasteiger partial charge in [0.15, 0.2) is 0 Å². The number of ether oxygens (including phenoxy) is 1. The van der Waals surface area contributed by atoms with Crippen molar-refractivity contribution in [2.45, 2.75) is 19.4 Å².